The first kappa shape index (κ1) is 16.8. The third-order valence-corrected chi connectivity index (χ3v) is 3.56. The highest BCUT2D eigenvalue weighted by Gasteiger charge is 2.21. The van der Waals surface area contributed by atoms with Gasteiger partial charge in [0, 0.05) is 18.2 Å². The lowest BCUT2D eigenvalue weighted by Gasteiger charge is -2.18. The van der Waals surface area contributed by atoms with Crippen LogP contribution in [0.3, 0.4) is 0 Å². The molecule has 0 aliphatic rings. The fourth-order valence-corrected chi connectivity index (χ4v) is 2.31. The van der Waals surface area contributed by atoms with E-state index in [1.807, 2.05) is 48.5 Å². The Kier molecular flexibility index (Phi) is 6.00. The Morgan fingerprint density at radius 3 is 2.39 bits per heavy atom. The molecule has 0 amide bonds. The molecule has 1 atom stereocenters. The van der Waals surface area contributed by atoms with Crippen LogP contribution in [-0.2, 0) is 16.1 Å². The molecule has 0 saturated carbocycles. The highest BCUT2D eigenvalue weighted by Crippen LogP contribution is 2.25. The predicted molar refractivity (Wildman–Crippen MR) is 87.6 cm³/mol. The van der Waals surface area contributed by atoms with Crippen LogP contribution in [0.1, 0.15) is 17.2 Å². The van der Waals surface area contributed by atoms with Crippen LogP contribution < -0.4 is 14.8 Å². The van der Waals surface area contributed by atoms with Gasteiger partial charge in [-0.2, -0.15) is 0 Å². The molecule has 0 spiro atoms. The van der Waals surface area contributed by atoms with Gasteiger partial charge in [0.05, 0.1) is 21.3 Å². The van der Waals surface area contributed by atoms with E-state index in [0.29, 0.717) is 12.3 Å². The Hall–Kier alpha value is -2.53. The molecule has 0 heterocycles. The molecule has 0 bridgehead atoms. The van der Waals surface area contributed by atoms with Gasteiger partial charge in [0.25, 0.3) is 0 Å². The molecule has 0 radical (unpaired) electrons. The average Bonchev–Trinajstić information content (AvgIpc) is 2.62. The van der Waals surface area contributed by atoms with Crippen molar-refractivity contribution in [3.8, 4) is 11.5 Å². The fourth-order valence-electron chi connectivity index (χ4n) is 2.31. The summed E-state index contributed by atoms with van der Waals surface area (Å²) in [5, 5.41) is 3.22. The molecule has 0 saturated heterocycles. The maximum atomic E-state index is 12.1. The molecular formula is C18H21NO4. The van der Waals surface area contributed by atoms with E-state index in [1.54, 1.807) is 14.2 Å². The molecule has 2 aromatic carbocycles. The standard InChI is InChI=1S/C18H21NO4/c1-21-15-10-9-14(16(11-15)22-2)12-19-17(18(20)23-3)13-7-5-4-6-8-13/h4-11,17,19H,12H2,1-3H3. The molecule has 1 unspecified atom stereocenters. The summed E-state index contributed by atoms with van der Waals surface area (Å²) in [6.45, 7) is 0.460. The second-order valence-electron chi connectivity index (χ2n) is 4.93. The van der Waals surface area contributed by atoms with E-state index in [9.17, 15) is 4.79 Å². The third kappa shape index (κ3) is 4.23. The first-order valence-electron chi connectivity index (χ1n) is 7.26. The van der Waals surface area contributed by atoms with Crippen LogP contribution in [0.5, 0.6) is 11.5 Å². The molecule has 122 valence electrons. The second-order valence-corrected chi connectivity index (χ2v) is 4.93. The Morgan fingerprint density at radius 2 is 1.78 bits per heavy atom. The second kappa shape index (κ2) is 8.19. The van der Waals surface area contributed by atoms with Crippen molar-refractivity contribution in [2.24, 2.45) is 0 Å². The van der Waals surface area contributed by atoms with Crippen molar-refractivity contribution in [3.63, 3.8) is 0 Å². The van der Waals surface area contributed by atoms with E-state index in [4.69, 9.17) is 14.2 Å². The largest absolute Gasteiger partial charge is 0.497 e. The van der Waals surface area contributed by atoms with Crippen LogP contribution in [0.15, 0.2) is 48.5 Å². The summed E-state index contributed by atoms with van der Waals surface area (Å²) in [5.74, 6) is 1.09. The van der Waals surface area contributed by atoms with Gasteiger partial charge >= 0.3 is 5.97 Å². The van der Waals surface area contributed by atoms with Crippen LogP contribution in [0.4, 0.5) is 0 Å². The van der Waals surface area contributed by atoms with Gasteiger partial charge in [0.1, 0.15) is 17.5 Å². The first-order valence-corrected chi connectivity index (χ1v) is 7.26. The summed E-state index contributed by atoms with van der Waals surface area (Å²) in [6, 6.07) is 14.5. The molecule has 1 N–H and O–H groups in total. The molecule has 23 heavy (non-hydrogen) atoms. The molecule has 0 aliphatic carbocycles. The monoisotopic (exact) mass is 315 g/mol. The van der Waals surface area contributed by atoms with E-state index < -0.39 is 6.04 Å². The average molecular weight is 315 g/mol. The first-order chi connectivity index (χ1) is 11.2. The summed E-state index contributed by atoms with van der Waals surface area (Å²) in [6.07, 6.45) is 0. The van der Waals surface area contributed by atoms with Crippen molar-refractivity contribution >= 4 is 5.97 Å². The van der Waals surface area contributed by atoms with E-state index >= 15 is 0 Å². The van der Waals surface area contributed by atoms with Gasteiger partial charge in [0.15, 0.2) is 0 Å². The summed E-state index contributed by atoms with van der Waals surface area (Å²) < 4.78 is 15.5. The SMILES string of the molecule is COC(=O)C(NCc1ccc(OC)cc1OC)c1ccccc1. The number of nitrogens with one attached hydrogen (secondary N) is 1. The van der Waals surface area contributed by atoms with Crippen LogP contribution >= 0.6 is 0 Å². The van der Waals surface area contributed by atoms with Gasteiger partial charge in [-0.25, -0.2) is 4.79 Å². The van der Waals surface area contributed by atoms with Crippen molar-refractivity contribution in [2.45, 2.75) is 12.6 Å². The van der Waals surface area contributed by atoms with E-state index in [2.05, 4.69) is 5.32 Å². The normalized spacial score (nSPS) is 11.6. The number of carbonyl (C=O) groups excluding carboxylic acids is 1. The number of esters is 1. The lowest BCUT2D eigenvalue weighted by molar-refractivity contribution is -0.143. The highest BCUT2D eigenvalue weighted by molar-refractivity contribution is 5.77. The quantitative estimate of drug-likeness (QED) is 0.796. The number of rotatable bonds is 7. The fraction of sp³-hybridized carbons (Fsp3) is 0.278. The lowest BCUT2D eigenvalue weighted by atomic mass is 10.1. The highest BCUT2D eigenvalue weighted by atomic mass is 16.5. The number of carbonyl (C=O) groups is 1. The van der Waals surface area contributed by atoms with E-state index in [1.165, 1.54) is 7.11 Å². The van der Waals surface area contributed by atoms with Crippen molar-refractivity contribution in [2.75, 3.05) is 21.3 Å². The minimum absolute atomic E-state index is 0.330. The minimum Gasteiger partial charge on any atom is -0.497 e. The van der Waals surface area contributed by atoms with Gasteiger partial charge in [0.2, 0.25) is 0 Å². The lowest BCUT2D eigenvalue weighted by Crippen LogP contribution is -2.29. The molecule has 2 rings (SSSR count). The predicted octanol–water partition coefficient (Wildman–Crippen LogP) is 2.71. The van der Waals surface area contributed by atoms with Crippen LogP contribution in [0.25, 0.3) is 0 Å². The Labute approximate surface area is 136 Å². The minimum atomic E-state index is -0.534. The zero-order chi connectivity index (χ0) is 16.7. The van der Waals surface area contributed by atoms with Crippen molar-refractivity contribution in [3.05, 3.63) is 59.7 Å². The van der Waals surface area contributed by atoms with Gasteiger partial charge in [-0.15, -0.1) is 0 Å². The molecule has 0 aromatic heterocycles. The van der Waals surface area contributed by atoms with Crippen molar-refractivity contribution in [1.29, 1.82) is 0 Å². The van der Waals surface area contributed by atoms with Crippen LogP contribution in [-0.4, -0.2) is 27.3 Å². The van der Waals surface area contributed by atoms with Crippen LogP contribution in [0.2, 0.25) is 0 Å². The Morgan fingerprint density at radius 1 is 1.04 bits per heavy atom. The topological polar surface area (TPSA) is 56.8 Å². The number of hydrogen-bond acceptors (Lipinski definition) is 5. The summed E-state index contributed by atoms with van der Waals surface area (Å²) >= 11 is 0. The van der Waals surface area contributed by atoms with Crippen molar-refractivity contribution < 1.29 is 19.0 Å². The number of methoxy groups -OCH3 is 3. The Balaban J connectivity index is 2.17. The number of benzene rings is 2. The molecular weight excluding hydrogens is 294 g/mol. The third-order valence-electron chi connectivity index (χ3n) is 3.56. The van der Waals surface area contributed by atoms with Gasteiger partial charge in [-0.1, -0.05) is 36.4 Å². The molecule has 0 fully saturated rings. The van der Waals surface area contributed by atoms with Gasteiger partial charge in [-0.05, 0) is 11.6 Å². The molecule has 5 nitrogen and oxygen atoms in total. The van der Waals surface area contributed by atoms with Gasteiger partial charge < -0.3 is 14.2 Å². The molecule has 5 heteroatoms. The van der Waals surface area contributed by atoms with E-state index in [-0.39, 0.29) is 5.97 Å². The number of ether oxygens (including phenoxy) is 3. The maximum absolute atomic E-state index is 12.1. The summed E-state index contributed by atoms with van der Waals surface area (Å²) in [7, 11) is 4.59. The maximum Gasteiger partial charge on any atom is 0.327 e. The van der Waals surface area contributed by atoms with E-state index in [0.717, 1.165) is 16.9 Å². The Bertz CT molecular complexity index is 643. The molecule has 0 aliphatic heterocycles. The van der Waals surface area contributed by atoms with Crippen LogP contribution in [0, 0.1) is 0 Å². The van der Waals surface area contributed by atoms with Gasteiger partial charge in [-0.3, -0.25) is 5.32 Å². The smallest absolute Gasteiger partial charge is 0.327 e. The summed E-state index contributed by atoms with van der Waals surface area (Å²) in [5.41, 5.74) is 1.78. The number of hydrogen-bond donors (Lipinski definition) is 1. The molecule has 2 aromatic rings. The zero-order valence-corrected chi connectivity index (χ0v) is 13.5. The van der Waals surface area contributed by atoms with Crippen molar-refractivity contribution in [1.82, 2.24) is 5.32 Å². The summed E-state index contributed by atoms with van der Waals surface area (Å²) in [4.78, 5) is 12.1. The zero-order valence-electron chi connectivity index (χ0n) is 13.5.